The molecular formula is C9H12N2O2. The largest absolute Gasteiger partial charge is 0.454 e. The number of nitrogens with two attached hydrogens (primary N) is 1. The smallest absolute Gasteiger partial charge is 0.231 e. The maximum Gasteiger partial charge on any atom is 0.231 e. The lowest BCUT2D eigenvalue weighted by Gasteiger charge is -2.15. The molecule has 2 rings (SSSR count). The van der Waals surface area contributed by atoms with Gasteiger partial charge in [-0.05, 0) is 0 Å². The molecule has 1 aliphatic rings. The number of hydrogen-bond acceptors (Lipinski definition) is 4. The fourth-order valence-corrected chi connectivity index (χ4v) is 1.33. The molecular weight excluding hydrogens is 168 g/mol. The molecule has 1 heterocycles. The molecule has 0 spiro atoms. The zero-order chi connectivity index (χ0) is 9.42. The summed E-state index contributed by atoms with van der Waals surface area (Å²) in [4.78, 5) is 1.94. The molecule has 0 unspecified atom stereocenters. The molecule has 0 radical (unpaired) electrons. The topological polar surface area (TPSA) is 47.7 Å². The molecule has 0 fully saturated rings. The van der Waals surface area contributed by atoms with Crippen molar-refractivity contribution >= 4 is 11.4 Å². The first-order valence-electron chi connectivity index (χ1n) is 4.05. The van der Waals surface area contributed by atoms with Crippen LogP contribution in [0.4, 0.5) is 11.4 Å². The summed E-state index contributed by atoms with van der Waals surface area (Å²) in [6.07, 6.45) is 0. The third-order valence-electron chi connectivity index (χ3n) is 2.00. The van der Waals surface area contributed by atoms with Crippen molar-refractivity contribution in [3.05, 3.63) is 12.1 Å². The fraction of sp³-hybridized carbons (Fsp3) is 0.333. The zero-order valence-corrected chi connectivity index (χ0v) is 7.70. The molecule has 1 aliphatic heterocycles. The standard InChI is InChI=1S/C9H12N2O2/c1-11(2)7-4-9-8(3-6(7)10)12-5-13-9/h3-4H,5,10H2,1-2H3. The van der Waals surface area contributed by atoms with Crippen molar-refractivity contribution in [2.24, 2.45) is 0 Å². The van der Waals surface area contributed by atoms with Crippen LogP contribution in [0.3, 0.4) is 0 Å². The predicted molar refractivity (Wildman–Crippen MR) is 51.3 cm³/mol. The van der Waals surface area contributed by atoms with Gasteiger partial charge >= 0.3 is 0 Å². The van der Waals surface area contributed by atoms with Crippen LogP contribution in [0.5, 0.6) is 11.5 Å². The number of benzene rings is 1. The van der Waals surface area contributed by atoms with Gasteiger partial charge in [-0.15, -0.1) is 0 Å². The highest BCUT2D eigenvalue weighted by Gasteiger charge is 2.16. The predicted octanol–water partition coefficient (Wildman–Crippen LogP) is 1.06. The fourth-order valence-electron chi connectivity index (χ4n) is 1.33. The van der Waals surface area contributed by atoms with E-state index in [1.165, 1.54) is 0 Å². The molecule has 0 saturated heterocycles. The van der Waals surface area contributed by atoms with Crippen molar-refractivity contribution in [3.8, 4) is 11.5 Å². The van der Waals surface area contributed by atoms with Crippen LogP contribution in [0.2, 0.25) is 0 Å². The molecule has 0 aliphatic carbocycles. The Balaban J connectivity index is 2.49. The molecule has 0 atom stereocenters. The van der Waals surface area contributed by atoms with E-state index in [0.717, 1.165) is 17.2 Å². The maximum atomic E-state index is 5.82. The van der Waals surface area contributed by atoms with Crippen LogP contribution in [0.15, 0.2) is 12.1 Å². The number of hydrogen-bond donors (Lipinski definition) is 1. The average molecular weight is 180 g/mol. The van der Waals surface area contributed by atoms with Gasteiger partial charge in [0.1, 0.15) is 0 Å². The maximum absolute atomic E-state index is 5.82. The van der Waals surface area contributed by atoms with Crippen molar-refractivity contribution in [2.75, 3.05) is 31.5 Å². The SMILES string of the molecule is CN(C)c1cc2c(cc1N)OCO2. The second-order valence-corrected chi connectivity index (χ2v) is 3.16. The van der Waals surface area contributed by atoms with Gasteiger partial charge in [0.05, 0.1) is 11.4 Å². The molecule has 70 valence electrons. The van der Waals surface area contributed by atoms with Crippen molar-refractivity contribution in [2.45, 2.75) is 0 Å². The zero-order valence-electron chi connectivity index (χ0n) is 7.70. The number of anilines is 2. The Morgan fingerprint density at radius 1 is 1.23 bits per heavy atom. The summed E-state index contributed by atoms with van der Waals surface area (Å²) in [5, 5.41) is 0. The van der Waals surface area contributed by atoms with Crippen LogP contribution in [-0.2, 0) is 0 Å². The van der Waals surface area contributed by atoms with E-state index in [1.807, 2.05) is 25.1 Å². The molecule has 4 heteroatoms. The monoisotopic (exact) mass is 180 g/mol. The Hall–Kier alpha value is -1.58. The molecule has 2 N–H and O–H groups in total. The van der Waals surface area contributed by atoms with Gasteiger partial charge in [-0.25, -0.2) is 0 Å². The van der Waals surface area contributed by atoms with E-state index in [2.05, 4.69) is 0 Å². The first-order valence-corrected chi connectivity index (χ1v) is 4.05. The van der Waals surface area contributed by atoms with E-state index in [0.29, 0.717) is 5.69 Å². The van der Waals surface area contributed by atoms with Crippen LogP contribution in [-0.4, -0.2) is 20.9 Å². The quantitative estimate of drug-likeness (QED) is 0.656. The third kappa shape index (κ3) is 1.24. The molecule has 1 aromatic rings. The summed E-state index contributed by atoms with van der Waals surface area (Å²) >= 11 is 0. The Morgan fingerprint density at radius 3 is 2.46 bits per heavy atom. The minimum absolute atomic E-state index is 0.283. The summed E-state index contributed by atoms with van der Waals surface area (Å²) in [5.74, 6) is 1.49. The second kappa shape index (κ2) is 2.73. The van der Waals surface area contributed by atoms with Gasteiger partial charge in [0.25, 0.3) is 0 Å². The number of ether oxygens (including phenoxy) is 2. The van der Waals surface area contributed by atoms with E-state index in [-0.39, 0.29) is 6.79 Å². The average Bonchev–Trinajstić information content (AvgIpc) is 2.48. The summed E-state index contributed by atoms with van der Waals surface area (Å²) in [7, 11) is 3.88. The first kappa shape index (κ1) is 8.04. The number of nitrogen functional groups attached to an aromatic ring is 1. The Bertz CT molecular complexity index is 337. The Morgan fingerprint density at radius 2 is 1.85 bits per heavy atom. The van der Waals surface area contributed by atoms with Crippen molar-refractivity contribution in [1.82, 2.24) is 0 Å². The van der Waals surface area contributed by atoms with Crippen LogP contribution in [0.25, 0.3) is 0 Å². The summed E-state index contributed by atoms with van der Waals surface area (Å²) in [6, 6.07) is 3.68. The highest BCUT2D eigenvalue weighted by molar-refractivity contribution is 5.72. The van der Waals surface area contributed by atoms with Gasteiger partial charge in [-0.3, -0.25) is 0 Å². The minimum atomic E-state index is 0.283. The van der Waals surface area contributed by atoms with Gasteiger partial charge in [0.15, 0.2) is 11.5 Å². The minimum Gasteiger partial charge on any atom is -0.454 e. The van der Waals surface area contributed by atoms with Crippen molar-refractivity contribution in [3.63, 3.8) is 0 Å². The normalized spacial score (nSPS) is 13.1. The number of fused-ring (bicyclic) bond motifs is 1. The van der Waals surface area contributed by atoms with Crippen LogP contribution in [0, 0.1) is 0 Å². The molecule has 4 nitrogen and oxygen atoms in total. The van der Waals surface area contributed by atoms with E-state index >= 15 is 0 Å². The molecule has 0 saturated carbocycles. The first-order chi connectivity index (χ1) is 6.18. The summed E-state index contributed by atoms with van der Waals surface area (Å²) in [6.45, 7) is 0.283. The third-order valence-corrected chi connectivity index (χ3v) is 2.00. The van der Waals surface area contributed by atoms with Crippen molar-refractivity contribution in [1.29, 1.82) is 0 Å². The van der Waals surface area contributed by atoms with Gasteiger partial charge in [-0.2, -0.15) is 0 Å². The molecule has 0 aromatic heterocycles. The van der Waals surface area contributed by atoms with E-state index in [1.54, 1.807) is 6.07 Å². The van der Waals surface area contributed by atoms with E-state index in [9.17, 15) is 0 Å². The Labute approximate surface area is 76.8 Å². The highest BCUT2D eigenvalue weighted by atomic mass is 16.7. The van der Waals surface area contributed by atoms with Gasteiger partial charge in [-0.1, -0.05) is 0 Å². The Kier molecular flexibility index (Phi) is 1.69. The number of nitrogens with zero attached hydrogens (tertiary/aromatic N) is 1. The lowest BCUT2D eigenvalue weighted by atomic mass is 10.2. The highest BCUT2D eigenvalue weighted by Crippen LogP contribution is 2.39. The van der Waals surface area contributed by atoms with Gasteiger partial charge in [0, 0.05) is 26.2 Å². The van der Waals surface area contributed by atoms with Crippen LogP contribution < -0.4 is 20.1 Å². The van der Waals surface area contributed by atoms with E-state index in [4.69, 9.17) is 15.2 Å². The number of rotatable bonds is 1. The lowest BCUT2D eigenvalue weighted by Crippen LogP contribution is -2.10. The van der Waals surface area contributed by atoms with Crippen molar-refractivity contribution < 1.29 is 9.47 Å². The van der Waals surface area contributed by atoms with Gasteiger partial charge < -0.3 is 20.1 Å². The molecule has 0 bridgehead atoms. The summed E-state index contributed by atoms with van der Waals surface area (Å²) in [5.41, 5.74) is 7.47. The summed E-state index contributed by atoms with van der Waals surface area (Å²) < 4.78 is 10.4. The molecule has 0 amide bonds. The van der Waals surface area contributed by atoms with E-state index < -0.39 is 0 Å². The van der Waals surface area contributed by atoms with Crippen LogP contribution in [0.1, 0.15) is 0 Å². The molecule has 13 heavy (non-hydrogen) atoms. The second-order valence-electron chi connectivity index (χ2n) is 3.16. The molecule has 1 aromatic carbocycles. The lowest BCUT2D eigenvalue weighted by molar-refractivity contribution is 0.174. The van der Waals surface area contributed by atoms with Gasteiger partial charge in [0.2, 0.25) is 6.79 Å². The van der Waals surface area contributed by atoms with Crippen LogP contribution >= 0.6 is 0 Å².